The second kappa shape index (κ2) is 8.16. The van der Waals surface area contributed by atoms with Gasteiger partial charge >= 0.3 is 5.97 Å². The summed E-state index contributed by atoms with van der Waals surface area (Å²) in [7, 11) is 1.17. The molecule has 0 bridgehead atoms. The van der Waals surface area contributed by atoms with Gasteiger partial charge in [0.2, 0.25) is 0 Å². The molecule has 2 N–H and O–H groups in total. The molecule has 0 spiro atoms. The molecule has 6 heteroatoms. The first-order valence-corrected chi connectivity index (χ1v) is 6.35. The number of rotatable bonds is 7. The number of aliphatic hydroxyl groups excluding tert-OH is 1. The van der Waals surface area contributed by atoms with E-state index < -0.39 is 18.0 Å². The van der Waals surface area contributed by atoms with Crippen LogP contribution in [-0.2, 0) is 9.53 Å². The highest BCUT2D eigenvalue weighted by atomic mass is 16.5. The number of carbonyl (C=O) groups is 2. The molecule has 1 atom stereocenters. The zero-order valence-electron chi connectivity index (χ0n) is 11.6. The zero-order valence-corrected chi connectivity index (χ0v) is 11.6. The third kappa shape index (κ3) is 4.89. The number of hydrogen-bond donors (Lipinski definition) is 2. The van der Waals surface area contributed by atoms with Gasteiger partial charge in [0.05, 0.1) is 20.3 Å². The summed E-state index contributed by atoms with van der Waals surface area (Å²) in [6.07, 6.45) is -0.495. The summed E-state index contributed by atoms with van der Waals surface area (Å²) in [5, 5.41) is 11.8. The van der Waals surface area contributed by atoms with Crippen molar-refractivity contribution in [3.8, 4) is 5.75 Å². The molecule has 0 radical (unpaired) electrons. The van der Waals surface area contributed by atoms with Crippen molar-refractivity contribution in [3.05, 3.63) is 29.8 Å². The minimum Gasteiger partial charge on any atom is -0.494 e. The summed E-state index contributed by atoms with van der Waals surface area (Å²) >= 11 is 0. The quantitative estimate of drug-likeness (QED) is 0.720. The van der Waals surface area contributed by atoms with E-state index in [4.69, 9.17) is 4.74 Å². The number of amides is 1. The lowest BCUT2D eigenvalue weighted by Crippen LogP contribution is -2.37. The third-order valence-corrected chi connectivity index (χ3v) is 2.50. The van der Waals surface area contributed by atoms with Gasteiger partial charge in [-0.25, -0.2) is 4.79 Å². The van der Waals surface area contributed by atoms with E-state index in [9.17, 15) is 14.7 Å². The lowest BCUT2D eigenvalue weighted by Gasteiger charge is -2.10. The fourth-order valence-corrected chi connectivity index (χ4v) is 1.46. The van der Waals surface area contributed by atoms with Gasteiger partial charge in [-0.2, -0.15) is 0 Å². The Morgan fingerprint density at radius 1 is 1.40 bits per heavy atom. The fraction of sp³-hybridized carbons (Fsp3) is 0.429. The van der Waals surface area contributed by atoms with Gasteiger partial charge in [-0.3, -0.25) is 4.79 Å². The molecule has 0 saturated carbocycles. The van der Waals surface area contributed by atoms with Crippen LogP contribution in [0.3, 0.4) is 0 Å². The Balaban J connectivity index is 2.56. The molecular formula is C14H19NO5. The zero-order chi connectivity index (χ0) is 15.0. The average molecular weight is 281 g/mol. The van der Waals surface area contributed by atoms with Crippen molar-refractivity contribution in [2.45, 2.75) is 19.4 Å². The summed E-state index contributed by atoms with van der Waals surface area (Å²) < 4.78 is 9.78. The molecule has 0 heterocycles. The Morgan fingerprint density at radius 2 is 2.15 bits per heavy atom. The van der Waals surface area contributed by atoms with E-state index in [1.807, 2.05) is 6.92 Å². The molecule has 110 valence electrons. The molecule has 1 rings (SSSR count). The maximum atomic E-state index is 11.9. The predicted octanol–water partition coefficient (Wildman–Crippen LogP) is 0.739. The Hall–Kier alpha value is -2.08. The van der Waals surface area contributed by atoms with Gasteiger partial charge in [-0.05, 0) is 24.6 Å². The van der Waals surface area contributed by atoms with Gasteiger partial charge in [0, 0.05) is 5.56 Å². The van der Waals surface area contributed by atoms with Crippen molar-refractivity contribution in [2.24, 2.45) is 0 Å². The van der Waals surface area contributed by atoms with E-state index in [1.54, 1.807) is 24.3 Å². The highest BCUT2D eigenvalue weighted by Crippen LogP contribution is 2.13. The van der Waals surface area contributed by atoms with Crippen LogP contribution < -0.4 is 10.1 Å². The first-order valence-electron chi connectivity index (χ1n) is 6.35. The first-order chi connectivity index (χ1) is 9.58. The average Bonchev–Trinajstić information content (AvgIpc) is 2.49. The molecule has 0 fully saturated rings. The van der Waals surface area contributed by atoms with E-state index in [1.165, 1.54) is 7.11 Å². The van der Waals surface area contributed by atoms with E-state index in [0.29, 0.717) is 17.9 Å². The van der Waals surface area contributed by atoms with E-state index in [0.717, 1.165) is 6.42 Å². The van der Waals surface area contributed by atoms with Gasteiger partial charge < -0.3 is 19.9 Å². The van der Waals surface area contributed by atoms with Crippen molar-refractivity contribution in [1.29, 1.82) is 0 Å². The molecular weight excluding hydrogens is 262 g/mol. The van der Waals surface area contributed by atoms with Crippen LogP contribution in [0.5, 0.6) is 5.75 Å². The van der Waals surface area contributed by atoms with Crippen LogP contribution in [-0.4, -0.2) is 43.3 Å². The standard InChI is InChI=1S/C14H19NO5/c1-3-7-20-11-6-4-5-10(8-11)13(17)15-9-12(16)14(18)19-2/h4-6,8,12,16H,3,7,9H2,1-2H3,(H,15,17). The van der Waals surface area contributed by atoms with Crippen LogP contribution >= 0.6 is 0 Å². The number of carbonyl (C=O) groups excluding carboxylic acids is 2. The summed E-state index contributed by atoms with van der Waals surface area (Å²) in [5.41, 5.74) is 0.399. The number of hydrogen-bond acceptors (Lipinski definition) is 5. The van der Waals surface area contributed by atoms with Gasteiger partial charge in [-0.15, -0.1) is 0 Å². The molecule has 0 aliphatic heterocycles. The Labute approximate surface area is 117 Å². The number of methoxy groups -OCH3 is 1. The van der Waals surface area contributed by atoms with Crippen LogP contribution in [0.4, 0.5) is 0 Å². The van der Waals surface area contributed by atoms with Crippen LogP contribution in [0, 0.1) is 0 Å². The number of aliphatic hydroxyl groups is 1. The summed E-state index contributed by atoms with van der Waals surface area (Å²) in [6.45, 7) is 2.36. The van der Waals surface area contributed by atoms with Crippen molar-refractivity contribution in [1.82, 2.24) is 5.32 Å². The normalized spacial score (nSPS) is 11.6. The van der Waals surface area contributed by atoms with E-state index in [2.05, 4.69) is 10.1 Å². The Bertz CT molecular complexity index is 461. The smallest absolute Gasteiger partial charge is 0.336 e. The molecule has 1 amide bonds. The lowest BCUT2D eigenvalue weighted by molar-refractivity contribution is -0.149. The third-order valence-electron chi connectivity index (χ3n) is 2.50. The van der Waals surface area contributed by atoms with Crippen LogP contribution in [0.15, 0.2) is 24.3 Å². The van der Waals surface area contributed by atoms with E-state index in [-0.39, 0.29) is 6.54 Å². The number of nitrogens with one attached hydrogen (secondary N) is 1. The maximum Gasteiger partial charge on any atom is 0.336 e. The highest BCUT2D eigenvalue weighted by Gasteiger charge is 2.16. The van der Waals surface area contributed by atoms with Gasteiger partial charge in [-0.1, -0.05) is 13.0 Å². The van der Waals surface area contributed by atoms with Gasteiger partial charge in [0.25, 0.3) is 5.91 Å². The molecule has 0 saturated heterocycles. The first kappa shape index (κ1) is 16.0. The topological polar surface area (TPSA) is 84.9 Å². The van der Waals surface area contributed by atoms with Crippen molar-refractivity contribution < 1.29 is 24.2 Å². The monoisotopic (exact) mass is 281 g/mol. The molecule has 0 aliphatic carbocycles. The van der Waals surface area contributed by atoms with Crippen LogP contribution in [0.1, 0.15) is 23.7 Å². The molecule has 6 nitrogen and oxygen atoms in total. The summed E-state index contributed by atoms with van der Waals surface area (Å²) in [5.74, 6) is -0.576. The van der Waals surface area contributed by atoms with Crippen molar-refractivity contribution >= 4 is 11.9 Å². The fourth-order valence-electron chi connectivity index (χ4n) is 1.46. The van der Waals surface area contributed by atoms with Crippen molar-refractivity contribution in [3.63, 3.8) is 0 Å². The number of esters is 1. The van der Waals surface area contributed by atoms with Crippen LogP contribution in [0.25, 0.3) is 0 Å². The minimum absolute atomic E-state index is 0.203. The SMILES string of the molecule is CCCOc1cccc(C(=O)NCC(O)C(=O)OC)c1. The van der Waals surface area contributed by atoms with Crippen molar-refractivity contribution in [2.75, 3.05) is 20.3 Å². The Kier molecular flexibility index (Phi) is 6.52. The number of benzene rings is 1. The lowest BCUT2D eigenvalue weighted by atomic mass is 10.2. The summed E-state index contributed by atoms with van der Waals surface area (Å²) in [6, 6.07) is 6.69. The van der Waals surface area contributed by atoms with E-state index >= 15 is 0 Å². The molecule has 0 aromatic heterocycles. The van der Waals surface area contributed by atoms with Gasteiger partial charge in [0.1, 0.15) is 5.75 Å². The second-order valence-corrected chi connectivity index (χ2v) is 4.13. The summed E-state index contributed by atoms with van der Waals surface area (Å²) in [4.78, 5) is 22.8. The second-order valence-electron chi connectivity index (χ2n) is 4.13. The predicted molar refractivity (Wildman–Crippen MR) is 72.6 cm³/mol. The van der Waals surface area contributed by atoms with Crippen LogP contribution in [0.2, 0.25) is 0 Å². The highest BCUT2D eigenvalue weighted by molar-refractivity contribution is 5.94. The maximum absolute atomic E-state index is 11.9. The van der Waals surface area contributed by atoms with Gasteiger partial charge in [0.15, 0.2) is 6.10 Å². The Morgan fingerprint density at radius 3 is 2.80 bits per heavy atom. The molecule has 0 aliphatic rings. The molecule has 1 aromatic carbocycles. The largest absolute Gasteiger partial charge is 0.494 e. The molecule has 1 aromatic rings. The molecule has 20 heavy (non-hydrogen) atoms. The number of ether oxygens (including phenoxy) is 2. The molecule has 1 unspecified atom stereocenters. The minimum atomic E-state index is -1.37.